The molecular weight excluding hydrogens is 476 g/mol. The molecule has 2 aromatic carbocycles. The summed E-state index contributed by atoms with van der Waals surface area (Å²) in [6, 6.07) is 7.67. The summed E-state index contributed by atoms with van der Waals surface area (Å²) in [5, 5.41) is 31.2. The van der Waals surface area contributed by atoms with E-state index in [0.29, 0.717) is 33.6 Å². The molecule has 35 heavy (non-hydrogen) atoms. The Labute approximate surface area is 203 Å². The fraction of sp³-hybridized carbons (Fsp3) is 0.160. The van der Waals surface area contributed by atoms with Crippen LogP contribution < -0.4 is 4.74 Å². The number of hydrogen-bond donors (Lipinski definition) is 4. The van der Waals surface area contributed by atoms with Crippen LogP contribution in [-0.2, 0) is 9.59 Å². The van der Waals surface area contributed by atoms with Gasteiger partial charge in [-0.3, -0.25) is 9.59 Å². The minimum atomic E-state index is -1.52. The summed E-state index contributed by atoms with van der Waals surface area (Å²) in [5.74, 6) is -4.42. The lowest BCUT2D eigenvalue weighted by Crippen LogP contribution is -2.48. The van der Waals surface area contributed by atoms with Gasteiger partial charge in [-0.05, 0) is 42.8 Å². The molecule has 4 N–H and O–H groups in total. The Balaban J connectivity index is 1.69. The first kappa shape index (κ1) is 22.5. The first-order chi connectivity index (χ1) is 16.7. The highest BCUT2D eigenvalue weighted by Crippen LogP contribution is 2.46. The van der Waals surface area contributed by atoms with Gasteiger partial charge in [0.1, 0.15) is 23.5 Å². The van der Waals surface area contributed by atoms with Crippen LogP contribution in [0, 0.1) is 0 Å². The number of aromatic hydroxyl groups is 1. The van der Waals surface area contributed by atoms with E-state index in [1.165, 1.54) is 36.4 Å². The zero-order valence-corrected chi connectivity index (χ0v) is 19.0. The summed E-state index contributed by atoms with van der Waals surface area (Å²) in [4.78, 5) is 42.5. The van der Waals surface area contributed by atoms with E-state index in [1.807, 2.05) is 0 Å². The Bertz CT molecular complexity index is 1490. The predicted octanol–water partition coefficient (Wildman–Crippen LogP) is 3.98. The second-order valence-electron chi connectivity index (χ2n) is 8.27. The van der Waals surface area contributed by atoms with E-state index in [4.69, 9.17) is 16.3 Å². The van der Waals surface area contributed by atoms with E-state index < -0.39 is 29.7 Å². The van der Waals surface area contributed by atoms with Crippen molar-refractivity contribution in [1.82, 2.24) is 9.88 Å². The molecule has 0 saturated heterocycles. The molecule has 0 spiro atoms. The molecule has 3 heterocycles. The quantitative estimate of drug-likeness (QED) is 0.390. The molecule has 0 bridgehead atoms. The number of carboxylic acid groups (broad SMARTS) is 2. The number of carbonyl (C=O) groups is 3. The average molecular weight is 495 g/mol. The number of aliphatic carboxylic acids is 2. The number of allylic oxidation sites excluding steroid dienone is 2. The summed E-state index contributed by atoms with van der Waals surface area (Å²) in [6.45, 7) is 0. The maximum absolute atomic E-state index is 13.2. The Hall–Kier alpha value is -4.24. The minimum absolute atomic E-state index is 0.0299. The van der Waals surface area contributed by atoms with Gasteiger partial charge < -0.3 is 29.9 Å². The number of ether oxygens (including phenoxy) is 1. The van der Waals surface area contributed by atoms with E-state index >= 15 is 0 Å². The number of phenolic OH excluding ortho intramolecular Hbond substituents is 1. The van der Waals surface area contributed by atoms with Crippen LogP contribution >= 0.6 is 11.6 Å². The first-order valence-corrected chi connectivity index (χ1v) is 11.0. The molecule has 0 fully saturated rings. The number of carbonyl (C=O) groups excluding carboxylic acids is 1. The third-order valence-electron chi connectivity index (χ3n) is 6.33. The molecule has 0 radical (unpaired) electrons. The van der Waals surface area contributed by atoms with Crippen LogP contribution in [0.3, 0.4) is 0 Å². The molecule has 9 nitrogen and oxygen atoms in total. The van der Waals surface area contributed by atoms with Crippen molar-refractivity contribution in [3.05, 3.63) is 76.1 Å². The molecule has 0 saturated carbocycles. The molecule has 0 amide bonds. The first-order valence-electron chi connectivity index (χ1n) is 10.6. The van der Waals surface area contributed by atoms with Crippen LogP contribution in [0.4, 0.5) is 0 Å². The molecular formula is C25H19ClN2O7. The average Bonchev–Trinajstić information content (AvgIpc) is 3.22. The van der Waals surface area contributed by atoms with Crippen molar-refractivity contribution in [2.24, 2.45) is 0 Å². The number of rotatable bonds is 5. The fourth-order valence-corrected chi connectivity index (χ4v) is 4.93. The van der Waals surface area contributed by atoms with Gasteiger partial charge in [0.2, 0.25) is 0 Å². The number of phenols is 1. The van der Waals surface area contributed by atoms with Gasteiger partial charge in [-0.15, -0.1) is 0 Å². The normalized spacial score (nSPS) is 18.9. The number of fused-ring (bicyclic) bond motifs is 5. The number of methoxy groups -OCH3 is 1. The van der Waals surface area contributed by atoms with Crippen molar-refractivity contribution >= 4 is 45.9 Å². The van der Waals surface area contributed by atoms with Crippen molar-refractivity contribution in [1.29, 1.82) is 0 Å². The topological polar surface area (TPSA) is 140 Å². The molecule has 178 valence electrons. The van der Waals surface area contributed by atoms with E-state index in [-0.39, 0.29) is 28.3 Å². The monoisotopic (exact) mass is 494 g/mol. The molecule has 2 atom stereocenters. The highest BCUT2D eigenvalue weighted by molar-refractivity contribution is 6.31. The van der Waals surface area contributed by atoms with Gasteiger partial charge in [0.05, 0.1) is 24.1 Å². The molecule has 3 aromatic rings. The van der Waals surface area contributed by atoms with Gasteiger partial charge in [0.25, 0.3) is 0 Å². The van der Waals surface area contributed by atoms with Gasteiger partial charge in [0, 0.05) is 33.3 Å². The Morgan fingerprint density at radius 2 is 1.89 bits per heavy atom. The number of nitrogens with one attached hydrogen (secondary N) is 1. The summed E-state index contributed by atoms with van der Waals surface area (Å²) in [7, 11) is 1.49. The molecule has 2 unspecified atom stereocenters. The van der Waals surface area contributed by atoms with Gasteiger partial charge in [0.15, 0.2) is 5.78 Å². The lowest BCUT2D eigenvalue weighted by Gasteiger charge is -2.40. The lowest BCUT2D eigenvalue weighted by atomic mass is 9.82. The summed E-state index contributed by atoms with van der Waals surface area (Å²) >= 11 is 5.98. The Morgan fingerprint density at radius 3 is 2.57 bits per heavy atom. The number of aromatic amines is 1. The standard InChI is InChI=1S/C25H19ClN2O7/c1-35-13-4-5-16-14(9-13)19-20(24(31)32)22(25(33)34)28-10-11(2-6-17(28)21(19)27-16)23(30)15-8-12(26)3-7-18(15)29/h3-10,20,22,27,29H,2H2,1H3,(H,31,32)(H,33,34). The number of halogens is 1. The molecule has 2 aliphatic heterocycles. The third-order valence-corrected chi connectivity index (χ3v) is 6.57. The summed E-state index contributed by atoms with van der Waals surface area (Å²) in [5.41, 5.74) is 2.04. The Morgan fingerprint density at radius 1 is 1.11 bits per heavy atom. The molecule has 2 aliphatic rings. The van der Waals surface area contributed by atoms with Gasteiger partial charge in [-0.2, -0.15) is 0 Å². The smallest absolute Gasteiger partial charge is 0.327 e. The maximum Gasteiger partial charge on any atom is 0.327 e. The zero-order chi connectivity index (χ0) is 25.0. The van der Waals surface area contributed by atoms with Crippen molar-refractivity contribution in [2.45, 2.75) is 18.4 Å². The van der Waals surface area contributed by atoms with Crippen molar-refractivity contribution < 1.29 is 34.4 Å². The highest BCUT2D eigenvalue weighted by atomic mass is 35.5. The van der Waals surface area contributed by atoms with E-state index in [1.54, 1.807) is 24.3 Å². The largest absolute Gasteiger partial charge is 0.507 e. The summed E-state index contributed by atoms with van der Waals surface area (Å²) in [6.07, 6.45) is 3.16. The van der Waals surface area contributed by atoms with Crippen molar-refractivity contribution in [3.63, 3.8) is 0 Å². The molecule has 5 rings (SSSR count). The van der Waals surface area contributed by atoms with Gasteiger partial charge in [-0.25, -0.2) is 4.79 Å². The number of benzene rings is 2. The van der Waals surface area contributed by atoms with E-state index in [9.17, 15) is 29.7 Å². The maximum atomic E-state index is 13.2. The zero-order valence-electron chi connectivity index (χ0n) is 18.3. The minimum Gasteiger partial charge on any atom is -0.507 e. The highest BCUT2D eigenvalue weighted by Gasteiger charge is 2.48. The molecule has 0 aliphatic carbocycles. The van der Waals surface area contributed by atoms with Crippen LogP contribution in [0.25, 0.3) is 16.6 Å². The third kappa shape index (κ3) is 3.52. The number of carboxylic acids is 2. The van der Waals surface area contributed by atoms with E-state index in [0.717, 1.165) is 0 Å². The number of nitrogens with zero attached hydrogens (tertiary/aromatic N) is 1. The lowest BCUT2D eigenvalue weighted by molar-refractivity contribution is -0.150. The van der Waals surface area contributed by atoms with Crippen LogP contribution in [0.5, 0.6) is 11.5 Å². The van der Waals surface area contributed by atoms with Gasteiger partial charge >= 0.3 is 11.9 Å². The van der Waals surface area contributed by atoms with Crippen LogP contribution in [0.1, 0.15) is 34.0 Å². The predicted molar refractivity (Wildman–Crippen MR) is 127 cm³/mol. The van der Waals surface area contributed by atoms with Crippen LogP contribution in [0.2, 0.25) is 5.02 Å². The fourth-order valence-electron chi connectivity index (χ4n) is 4.76. The second kappa shape index (κ2) is 8.21. The van der Waals surface area contributed by atoms with Crippen LogP contribution in [0.15, 0.2) is 54.2 Å². The van der Waals surface area contributed by atoms with Crippen LogP contribution in [-0.4, -0.2) is 56.1 Å². The van der Waals surface area contributed by atoms with Gasteiger partial charge in [-0.1, -0.05) is 17.7 Å². The molecule has 1 aromatic heterocycles. The van der Waals surface area contributed by atoms with Crippen molar-refractivity contribution in [2.75, 3.05) is 7.11 Å². The summed E-state index contributed by atoms with van der Waals surface area (Å²) < 4.78 is 5.28. The number of H-pyrrole nitrogens is 1. The number of Topliss-reactive ketones (excluding diaryl/α,β-unsaturated/α-hetero) is 1. The Kier molecular flexibility index (Phi) is 5.29. The number of ketones is 1. The molecule has 10 heteroatoms. The number of aromatic nitrogens is 1. The number of hydrogen-bond acceptors (Lipinski definition) is 6. The van der Waals surface area contributed by atoms with Crippen molar-refractivity contribution in [3.8, 4) is 11.5 Å². The van der Waals surface area contributed by atoms with E-state index in [2.05, 4.69) is 4.98 Å². The second-order valence-corrected chi connectivity index (χ2v) is 8.71. The SMILES string of the molecule is COc1ccc2[nH]c3c(c2c1)C(C(=O)O)C(C(=O)O)N1C=C(C(=O)c2cc(Cl)ccc2O)CC=C31.